The van der Waals surface area contributed by atoms with Crippen LogP contribution in [0.1, 0.15) is 37.7 Å². The number of aryl methyl sites for hydroxylation is 1. The summed E-state index contributed by atoms with van der Waals surface area (Å²) in [5, 5.41) is 8.30. The van der Waals surface area contributed by atoms with Crippen molar-refractivity contribution in [3.63, 3.8) is 0 Å². The van der Waals surface area contributed by atoms with Gasteiger partial charge in [0.2, 0.25) is 5.91 Å². The van der Waals surface area contributed by atoms with E-state index in [1.54, 1.807) is 5.48 Å². The van der Waals surface area contributed by atoms with Crippen molar-refractivity contribution in [3.8, 4) is 0 Å². The van der Waals surface area contributed by atoms with Crippen molar-refractivity contribution in [1.29, 1.82) is 0 Å². The molecule has 0 radical (unpaired) electrons. The predicted molar refractivity (Wildman–Crippen MR) is 67.6 cm³/mol. The van der Waals surface area contributed by atoms with Crippen LogP contribution in [0.25, 0.3) is 0 Å². The number of amides is 1. The SMILES string of the molecule is Nc1ccc(CCCCCCC(=O)NO)cc1. The number of anilines is 1. The van der Waals surface area contributed by atoms with E-state index in [-0.39, 0.29) is 5.91 Å². The highest BCUT2D eigenvalue weighted by Crippen LogP contribution is 2.11. The highest BCUT2D eigenvalue weighted by molar-refractivity contribution is 5.74. The van der Waals surface area contributed by atoms with E-state index < -0.39 is 0 Å². The van der Waals surface area contributed by atoms with Crippen molar-refractivity contribution in [1.82, 2.24) is 5.48 Å². The normalized spacial score (nSPS) is 10.2. The number of hydrogen-bond donors (Lipinski definition) is 3. The maximum absolute atomic E-state index is 10.7. The summed E-state index contributed by atoms with van der Waals surface area (Å²) >= 11 is 0. The molecule has 0 spiro atoms. The van der Waals surface area contributed by atoms with Gasteiger partial charge in [0.1, 0.15) is 0 Å². The van der Waals surface area contributed by atoms with E-state index in [9.17, 15) is 4.79 Å². The molecule has 0 aromatic heterocycles. The van der Waals surface area contributed by atoms with Gasteiger partial charge < -0.3 is 5.73 Å². The van der Waals surface area contributed by atoms with Gasteiger partial charge in [-0.15, -0.1) is 0 Å². The summed E-state index contributed by atoms with van der Waals surface area (Å²) < 4.78 is 0. The Kier molecular flexibility index (Phi) is 6.10. The lowest BCUT2D eigenvalue weighted by Crippen LogP contribution is -2.17. The summed E-state index contributed by atoms with van der Waals surface area (Å²) in [4.78, 5) is 10.7. The van der Waals surface area contributed by atoms with Crippen LogP contribution >= 0.6 is 0 Å². The Morgan fingerprint density at radius 2 is 1.76 bits per heavy atom. The molecular formula is C13H20N2O2. The molecule has 0 heterocycles. The number of nitrogen functional groups attached to an aromatic ring is 1. The standard InChI is InChI=1S/C13H20N2O2/c14-12-9-7-11(8-10-12)5-3-1-2-4-6-13(16)15-17/h7-10,17H,1-6,14H2,(H,15,16). The van der Waals surface area contributed by atoms with Crippen LogP contribution in [0.2, 0.25) is 0 Å². The van der Waals surface area contributed by atoms with Gasteiger partial charge in [-0.1, -0.05) is 25.0 Å². The van der Waals surface area contributed by atoms with Gasteiger partial charge in [0, 0.05) is 12.1 Å². The molecule has 17 heavy (non-hydrogen) atoms. The Labute approximate surface area is 102 Å². The highest BCUT2D eigenvalue weighted by atomic mass is 16.5. The lowest BCUT2D eigenvalue weighted by atomic mass is 10.1. The third-order valence-corrected chi connectivity index (χ3v) is 2.72. The third-order valence-electron chi connectivity index (χ3n) is 2.72. The fourth-order valence-electron chi connectivity index (χ4n) is 1.71. The zero-order valence-corrected chi connectivity index (χ0v) is 9.98. The smallest absolute Gasteiger partial charge is 0.243 e. The largest absolute Gasteiger partial charge is 0.399 e. The van der Waals surface area contributed by atoms with Gasteiger partial charge in [-0.2, -0.15) is 0 Å². The molecular weight excluding hydrogens is 216 g/mol. The molecule has 94 valence electrons. The number of carbonyl (C=O) groups is 1. The Morgan fingerprint density at radius 3 is 2.41 bits per heavy atom. The molecule has 4 heteroatoms. The molecule has 0 aliphatic carbocycles. The molecule has 0 aliphatic heterocycles. The zero-order valence-electron chi connectivity index (χ0n) is 9.98. The summed E-state index contributed by atoms with van der Waals surface area (Å²) in [5.74, 6) is -0.302. The number of benzene rings is 1. The minimum atomic E-state index is -0.302. The van der Waals surface area contributed by atoms with Gasteiger partial charge >= 0.3 is 0 Å². The number of nitrogens with two attached hydrogens (primary N) is 1. The molecule has 1 rings (SSSR count). The van der Waals surface area contributed by atoms with Crippen molar-refractivity contribution in [2.45, 2.75) is 38.5 Å². The molecule has 0 unspecified atom stereocenters. The molecule has 1 aromatic rings. The van der Waals surface area contributed by atoms with Crippen LogP contribution in [0.4, 0.5) is 5.69 Å². The van der Waals surface area contributed by atoms with Crippen LogP contribution in [0.3, 0.4) is 0 Å². The van der Waals surface area contributed by atoms with E-state index in [1.165, 1.54) is 5.56 Å². The van der Waals surface area contributed by atoms with Crippen LogP contribution in [0.15, 0.2) is 24.3 Å². The van der Waals surface area contributed by atoms with Crippen LogP contribution in [-0.4, -0.2) is 11.1 Å². The first kappa shape index (κ1) is 13.5. The van der Waals surface area contributed by atoms with Crippen LogP contribution in [0.5, 0.6) is 0 Å². The maximum Gasteiger partial charge on any atom is 0.243 e. The van der Waals surface area contributed by atoms with Crippen molar-refractivity contribution < 1.29 is 10.0 Å². The first-order valence-electron chi connectivity index (χ1n) is 5.99. The fourth-order valence-corrected chi connectivity index (χ4v) is 1.71. The fraction of sp³-hybridized carbons (Fsp3) is 0.462. The Bertz CT molecular complexity index is 336. The summed E-state index contributed by atoms with van der Waals surface area (Å²) in [6, 6.07) is 7.94. The number of hydroxylamine groups is 1. The molecule has 4 N–H and O–H groups in total. The van der Waals surface area contributed by atoms with Crippen molar-refractivity contribution >= 4 is 11.6 Å². The number of nitrogens with one attached hydrogen (secondary N) is 1. The van der Waals surface area contributed by atoms with E-state index in [0.29, 0.717) is 6.42 Å². The monoisotopic (exact) mass is 236 g/mol. The van der Waals surface area contributed by atoms with E-state index >= 15 is 0 Å². The van der Waals surface area contributed by atoms with Crippen LogP contribution in [0, 0.1) is 0 Å². The average molecular weight is 236 g/mol. The van der Waals surface area contributed by atoms with Crippen LogP contribution in [-0.2, 0) is 11.2 Å². The molecule has 0 fully saturated rings. The third kappa shape index (κ3) is 5.92. The average Bonchev–Trinajstić information content (AvgIpc) is 2.35. The van der Waals surface area contributed by atoms with Crippen molar-refractivity contribution in [2.75, 3.05) is 5.73 Å². The van der Waals surface area contributed by atoms with Crippen LogP contribution < -0.4 is 11.2 Å². The Balaban J connectivity index is 2.04. The first-order chi connectivity index (χ1) is 8.22. The summed E-state index contributed by atoms with van der Waals surface area (Å²) in [5.41, 5.74) is 9.33. The molecule has 0 saturated carbocycles. The zero-order chi connectivity index (χ0) is 12.5. The van der Waals surface area contributed by atoms with Gasteiger partial charge in [-0.05, 0) is 37.0 Å². The lowest BCUT2D eigenvalue weighted by molar-refractivity contribution is -0.129. The molecule has 0 bridgehead atoms. The number of unbranched alkanes of at least 4 members (excludes halogenated alkanes) is 3. The number of carbonyl (C=O) groups excluding carboxylic acids is 1. The van der Waals surface area contributed by atoms with Gasteiger partial charge in [-0.25, -0.2) is 5.48 Å². The van der Waals surface area contributed by atoms with E-state index in [2.05, 4.69) is 12.1 Å². The second-order valence-corrected chi connectivity index (χ2v) is 4.19. The highest BCUT2D eigenvalue weighted by Gasteiger charge is 1.98. The summed E-state index contributed by atoms with van der Waals surface area (Å²) in [7, 11) is 0. The first-order valence-corrected chi connectivity index (χ1v) is 5.99. The minimum absolute atomic E-state index is 0.302. The maximum atomic E-state index is 10.7. The van der Waals surface area contributed by atoms with E-state index in [0.717, 1.165) is 37.8 Å². The number of rotatable bonds is 7. The molecule has 0 saturated heterocycles. The van der Waals surface area contributed by atoms with Gasteiger partial charge in [-0.3, -0.25) is 10.0 Å². The Hall–Kier alpha value is -1.55. The molecule has 1 aromatic carbocycles. The lowest BCUT2D eigenvalue weighted by Gasteiger charge is -2.02. The second-order valence-electron chi connectivity index (χ2n) is 4.19. The van der Waals surface area contributed by atoms with Crippen molar-refractivity contribution in [3.05, 3.63) is 29.8 Å². The van der Waals surface area contributed by atoms with Gasteiger partial charge in [0.25, 0.3) is 0 Å². The topological polar surface area (TPSA) is 75.4 Å². The summed E-state index contributed by atoms with van der Waals surface area (Å²) in [6.45, 7) is 0. The Morgan fingerprint density at radius 1 is 1.12 bits per heavy atom. The second kappa shape index (κ2) is 7.68. The molecule has 0 atom stereocenters. The summed E-state index contributed by atoms with van der Waals surface area (Å²) in [6.07, 6.45) is 5.51. The molecule has 4 nitrogen and oxygen atoms in total. The molecule has 0 aliphatic rings. The predicted octanol–water partition coefficient (Wildman–Crippen LogP) is 2.27. The van der Waals surface area contributed by atoms with Crippen molar-refractivity contribution in [2.24, 2.45) is 0 Å². The van der Waals surface area contributed by atoms with Gasteiger partial charge in [0.15, 0.2) is 0 Å². The quantitative estimate of drug-likeness (QED) is 0.294. The van der Waals surface area contributed by atoms with E-state index in [4.69, 9.17) is 10.9 Å². The minimum Gasteiger partial charge on any atom is -0.399 e. The number of hydrogen-bond acceptors (Lipinski definition) is 3. The van der Waals surface area contributed by atoms with E-state index in [1.807, 2.05) is 12.1 Å². The molecule has 1 amide bonds. The van der Waals surface area contributed by atoms with Gasteiger partial charge in [0.05, 0.1) is 0 Å².